The number of hydrogen-bond donors (Lipinski definition) is 1. The van der Waals surface area contributed by atoms with E-state index in [9.17, 15) is 13.6 Å². The molecule has 0 aliphatic rings. The summed E-state index contributed by atoms with van der Waals surface area (Å²) in [4.78, 5) is 10.2. The van der Waals surface area contributed by atoms with Crippen molar-refractivity contribution in [3.63, 3.8) is 0 Å². The van der Waals surface area contributed by atoms with Crippen molar-refractivity contribution >= 4 is 5.97 Å². The lowest BCUT2D eigenvalue weighted by atomic mass is 10.0. The molecule has 0 aliphatic carbocycles. The first-order valence-corrected chi connectivity index (χ1v) is 9.12. The number of carboxylic acids is 1. The van der Waals surface area contributed by atoms with E-state index >= 15 is 0 Å². The zero-order valence-corrected chi connectivity index (χ0v) is 14.2. The summed E-state index contributed by atoms with van der Waals surface area (Å²) in [7, 11) is 0. The molecule has 4 heteroatoms. The summed E-state index contributed by atoms with van der Waals surface area (Å²) in [5.74, 6) is -5.54. The van der Waals surface area contributed by atoms with Crippen LogP contribution in [0.3, 0.4) is 0 Å². The van der Waals surface area contributed by atoms with Gasteiger partial charge in [0.15, 0.2) is 0 Å². The molecule has 0 bridgehead atoms. The zero-order valence-electron chi connectivity index (χ0n) is 14.2. The third kappa shape index (κ3) is 13.0. The van der Waals surface area contributed by atoms with Gasteiger partial charge in [0.2, 0.25) is 0 Å². The van der Waals surface area contributed by atoms with Gasteiger partial charge in [-0.2, -0.15) is 8.78 Å². The van der Waals surface area contributed by atoms with E-state index in [0.717, 1.165) is 12.8 Å². The molecule has 0 amide bonds. The van der Waals surface area contributed by atoms with E-state index in [1.165, 1.54) is 64.2 Å². The van der Waals surface area contributed by atoms with Crippen LogP contribution in [-0.2, 0) is 4.79 Å². The number of rotatable bonds is 16. The Kier molecular flexibility index (Phi) is 13.5. The van der Waals surface area contributed by atoms with Crippen LogP contribution in [-0.4, -0.2) is 17.0 Å². The Balaban J connectivity index is 3.16. The molecular formula is C18H34F2O2. The standard InChI is InChI=1S/C18H34F2O2/c1-2-3-4-5-6-7-8-9-10-11-12-13-14-15-16-18(19,20)17(21)22/h2-16H2,1H3,(H,21,22). The minimum atomic E-state index is -3.54. The van der Waals surface area contributed by atoms with E-state index in [4.69, 9.17) is 5.11 Å². The maximum Gasteiger partial charge on any atom is 0.374 e. The van der Waals surface area contributed by atoms with E-state index in [-0.39, 0.29) is 0 Å². The second-order valence-corrected chi connectivity index (χ2v) is 6.36. The van der Waals surface area contributed by atoms with Gasteiger partial charge < -0.3 is 5.11 Å². The van der Waals surface area contributed by atoms with Crippen LogP contribution in [0.4, 0.5) is 8.78 Å². The van der Waals surface area contributed by atoms with Gasteiger partial charge in [0.1, 0.15) is 0 Å². The molecule has 0 aromatic rings. The van der Waals surface area contributed by atoms with Gasteiger partial charge in [0.25, 0.3) is 0 Å². The highest BCUT2D eigenvalue weighted by Gasteiger charge is 2.37. The highest BCUT2D eigenvalue weighted by atomic mass is 19.3. The van der Waals surface area contributed by atoms with Crippen LogP contribution in [0.1, 0.15) is 103 Å². The second-order valence-electron chi connectivity index (χ2n) is 6.36. The van der Waals surface area contributed by atoms with E-state index in [2.05, 4.69) is 6.92 Å². The molecule has 0 unspecified atom stereocenters. The molecule has 22 heavy (non-hydrogen) atoms. The van der Waals surface area contributed by atoms with Gasteiger partial charge in [-0.3, -0.25) is 0 Å². The van der Waals surface area contributed by atoms with Gasteiger partial charge in [-0.1, -0.05) is 90.4 Å². The number of halogens is 2. The number of unbranched alkanes of at least 4 members (excludes halogenated alkanes) is 13. The number of carboxylic acid groups (broad SMARTS) is 1. The highest BCUT2D eigenvalue weighted by Crippen LogP contribution is 2.22. The predicted octanol–water partition coefficient (Wildman–Crippen LogP) is 6.58. The zero-order chi connectivity index (χ0) is 16.7. The third-order valence-corrected chi connectivity index (χ3v) is 4.16. The SMILES string of the molecule is CCCCCCCCCCCCCCCCC(F)(F)C(=O)O. The molecule has 0 atom stereocenters. The lowest BCUT2D eigenvalue weighted by Crippen LogP contribution is -2.27. The summed E-state index contributed by atoms with van der Waals surface area (Å²) in [6, 6.07) is 0. The van der Waals surface area contributed by atoms with Crippen molar-refractivity contribution in [1.29, 1.82) is 0 Å². The summed E-state index contributed by atoms with van der Waals surface area (Å²) in [5, 5.41) is 8.30. The Morgan fingerprint density at radius 2 is 1.05 bits per heavy atom. The molecule has 132 valence electrons. The summed E-state index contributed by atoms with van der Waals surface area (Å²) >= 11 is 0. The molecule has 0 aliphatic heterocycles. The molecule has 0 spiro atoms. The molecule has 0 fully saturated rings. The summed E-state index contributed by atoms with van der Waals surface area (Å²) in [6.07, 6.45) is 15.6. The van der Waals surface area contributed by atoms with Crippen LogP contribution in [0.15, 0.2) is 0 Å². The van der Waals surface area contributed by atoms with Crippen LogP contribution in [0.2, 0.25) is 0 Å². The monoisotopic (exact) mass is 320 g/mol. The molecule has 0 rings (SSSR count). The highest BCUT2D eigenvalue weighted by molar-refractivity contribution is 5.75. The van der Waals surface area contributed by atoms with Gasteiger partial charge >= 0.3 is 11.9 Å². The minimum Gasteiger partial charge on any atom is -0.477 e. The Labute approximate surface area is 134 Å². The van der Waals surface area contributed by atoms with Crippen LogP contribution >= 0.6 is 0 Å². The van der Waals surface area contributed by atoms with E-state index in [0.29, 0.717) is 12.8 Å². The Morgan fingerprint density at radius 1 is 0.727 bits per heavy atom. The van der Waals surface area contributed by atoms with Crippen LogP contribution in [0.25, 0.3) is 0 Å². The first-order valence-electron chi connectivity index (χ1n) is 9.12. The quantitative estimate of drug-likeness (QED) is 0.326. The third-order valence-electron chi connectivity index (χ3n) is 4.16. The molecule has 0 radical (unpaired) electrons. The van der Waals surface area contributed by atoms with Gasteiger partial charge in [-0.15, -0.1) is 0 Å². The fraction of sp³-hybridized carbons (Fsp3) is 0.944. The van der Waals surface area contributed by atoms with Crippen LogP contribution < -0.4 is 0 Å². The number of alkyl halides is 2. The second kappa shape index (κ2) is 14.0. The van der Waals surface area contributed by atoms with Crippen molar-refractivity contribution in [3.05, 3.63) is 0 Å². The normalized spacial score (nSPS) is 11.8. The maximum atomic E-state index is 12.8. The van der Waals surface area contributed by atoms with Gasteiger partial charge in [0.05, 0.1) is 0 Å². The molecule has 0 saturated carbocycles. The topological polar surface area (TPSA) is 37.3 Å². The molecular weight excluding hydrogens is 286 g/mol. The van der Waals surface area contributed by atoms with Crippen LogP contribution in [0.5, 0.6) is 0 Å². The fourth-order valence-corrected chi connectivity index (χ4v) is 2.65. The van der Waals surface area contributed by atoms with Crippen molar-refractivity contribution in [2.45, 2.75) is 109 Å². The molecule has 0 aromatic carbocycles. The summed E-state index contributed by atoms with van der Waals surface area (Å²) < 4.78 is 25.6. The van der Waals surface area contributed by atoms with Crippen molar-refractivity contribution in [2.24, 2.45) is 0 Å². The maximum absolute atomic E-state index is 12.8. The molecule has 0 heterocycles. The number of aliphatic carboxylic acids is 1. The van der Waals surface area contributed by atoms with Crippen LogP contribution in [0, 0.1) is 0 Å². The average Bonchev–Trinajstić information content (AvgIpc) is 2.47. The molecule has 1 N–H and O–H groups in total. The lowest BCUT2D eigenvalue weighted by molar-refractivity contribution is -0.165. The largest absolute Gasteiger partial charge is 0.477 e. The van der Waals surface area contributed by atoms with Crippen molar-refractivity contribution in [1.82, 2.24) is 0 Å². The average molecular weight is 320 g/mol. The van der Waals surface area contributed by atoms with Gasteiger partial charge in [-0.25, -0.2) is 4.79 Å². The van der Waals surface area contributed by atoms with Crippen molar-refractivity contribution < 1.29 is 18.7 Å². The van der Waals surface area contributed by atoms with Gasteiger partial charge in [-0.05, 0) is 6.42 Å². The van der Waals surface area contributed by atoms with E-state index in [1.54, 1.807) is 0 Å². The Morgan fingerprint density at radius 3 is 1.36 bits per heavy atom. The lowest BCUT2D eigenvalue weighted by Gasteiger charge is -2.10. The first-order chi connectivity index (χ1) is 10.5. The summed E-state index contributed by atoms with van der Waals surface area (Å²) in [5.41, 5.74) is 0. The molecule has 0 saturated heterocycles. The summed E-state index contributed by atoms with van der Waals surface area (Å²) in [6.45, 7) is 2.23. The number of hydrogen-bond acceptors (Lipinski definition) is 1. The fourth-order valence-electron chi connectivity index (χ4n) is 2.65. The van der Waals surface area contributed by atoms with Crippen molar-refractivity contribution in [3.8, 4) is 0 Å². The Bertz CT molecular complexity index is 268. The van der Waals surface area contributed by atoms with Crippen molar-refractivity contribution in [2.75, 3.05) is 0 Å². The van der Waals surface area contributed by atoms with E-state index < -0.39 is 18.3 Å². The minimum absolute atomic E-state index is 0.303. The number of carbonyl (C=O) groups is 1. The smallest absolute Gasteiger partial charge is 0.374 e. The first kappa shape index (κ1) is 21.3. The molecule has 0 aromatic heterocycles. The molecule has 2 nitrogen and oxygen atoms in total. The Hall–Kier alpha value is -0.670. The van der Waals surface area contributed by atoms with E-state index in [1.807, 2.05) is 0 Å². The van der Waals surface area contributed by atoms with Gasteiger partial charge in [0, 0.05) is 6.42 Å². The predicted molar refractivity (Wildman–Crippen MR) is 87.5 cm³/mol.